The van der Waals surface area contributed by atoms with E-state index in [2.05, 4.69) is 17.0 Å². The van der Waals surface area contributed by atoms with Gasteiger partial charge >= 0.3 is 12.1 Å². The lowest BCUT2D eigenvalue weighted by Gasteiger charge is -2.41. The molecule has 2 aromatic carbocycles. The molecule has 1 saturated heterocycles. The number of nitrogens with zero attached hydrogens (tertiary/aromatic N) is 2. The number of carboxylic acids is 1. The van der Waals surface area contributed by atoms with Crippen molar-refractivity contribution in [3.05, 3.63) is 58.9 Å². The van der Waals surface area contributed by atoms with E-state index in [4.69, 9.17) is 4.74 Å². The van der Waals surface area contributed by atoms with E-state index in [1.807, 2.05) is 26.8 Å². The minimum atomic E-state index is -0.807. The number of ether oxygens (including phenoxy) is 1. The molecule has 2 heterocycles. The summed E-state index contributed by atoms with van der Waals surface area (Å²) >= 11 is 0. The number of rotatable bonds is 3. The molecule has 0 radical (unpaired) electrons. The number of hydrogen-bond donors (Lipinski definition) is 1. The van der Waals surface area contributed by atoms with E-state index < -0.39 is 11.6 Å². The molecule has 35 heavy (non-hydrogen) atoms. The number of benzene rings is 2. The molecule has 1 amide bonds. The predicted molar refractivity (Wildman–Crippen MR) is 133 cm³/mol. The molecule has 0 aromatic heterocycles. The molecule has 0 saturated carbocycles. The normalized spacial score (nSPS) is 20.6. The van der Waals surface area contributed by atoms with Crippen LogP contribution in [0.2, 0.25) is 0 Å². The third-order valence-corrected chi connectivity index (χ3v) is 7.74. The van der Waals surface area contributed by atoms with Gasteiger partial charge in [-0.05, 0) is 105 Å². The maximum Gasteiger partial charge on any atom is 0.414 e. The maximum absolute atomic E-state index is 14.2. The minimum absolute atomic E-state index is 0.0616. The van der Waals surface area contributed by atoms with Crippen LogP contribution in [0.25, 0.3) is 0 Å². The van der Waals surface area contributed by atoms with Crippen molar-refractivity contribution in [1.29, 1.82) is 0 Å². The smallest absolute Gasteiger partial charge is 0.414 e. The number of aliphatic carboxylic acids is 1. The van der Waals surface area contributed by atoms with Gasteiger partial charge in [0, 0.05) is 25.3 Å². The first-order valence-corrected chi connectivity index (χ1v) is 12.4. The molecule has 2 aliphatic heterocycles. The number of carbonyl (C=O) groups is 2. The largest absolute Gasteiger partial charge is 0.481 e. The summed E-state index contributed by atoms with van der Waals surface area (Å²) in [4.78, 5) is 28.1. The second-order valence-corrected chi connectivity index (χ2v) is 11.2. The number of carboxylic acid groups (broad SMARTS) is 1. The molecule has 0 bridgehead atoms. The number of piperidine rings is 1. The van der Waals surface area contributed by atoms with Crippen molar-refractivity contribution in [2.24, 2.45) is 0 Å². The van der Waals surface area contributed by atoms with Crippen molar-refractivity contribution < 1.29 is 23.8 Å². The Labute approximate surface area is 205 Å². The van der Waals surface area contributed by atoms with Gasteiger partial charge in [-0.3, -0.25) is 9.69 Å². The van der Waals surface area contributed by atoms with Gasteiger partial charge in [0.05, 0.1) is 12.1 Å². The first-order chi connectivity index (χ1) is 16.5. The van der Waals surface area contributed by atoms with Crippen LogP contribution in [0.5, 0.6) is 0 Å². The number of fused-ring (bicyclic) bond motifs is 3. The van der Waals surface area contributed by atoms with Gasteiger partial charge in [0.2, 0.25) is 0 Å². The Bertz CT molecular complexity index is 1160. The van der Waals surface area contributed by atoms with Gasteiger partial charge in [-0.15, -0.1) is 0 Å². The lowest BCUT2D eigenvalue weighted by Crippen LogP contribution is -2.41. The third-order valence-electron chi connectivity index (χ3n) is 7.74. The summed E-state index contributed by atoms with van der Waals surface area (Å²) in [5.41, 5.74) is 4.49. The summed E-state index contributed by atoms with van der Waals surface area (Å²) < 4.78 is 19.7. The van der Waals surface area contributed by atoms with Gasteiger partial charge in [0.1, 0.15) is 11.4 Å². The molecule has 186 valence electrons. The van der Waals surface area contributed by atoms with E-state index in [0.29, 0.717) is 6.54 Å². The molecule has 1 fully saturated rings. The topological polar surface area (TPSA) is 70.1 Å². The summed E-state index contributed by atoms with van der Waals surface area (Å²) in [6.45, 7) is 7.87. The molecular formula is C28H33FN2O4. The zero-order valence-corrected chi connectivity index (χ0v) is 20.6. The summed E-state index contributed by atoms with van der Waals surface area (Å²) in [7, 11) is 0. The number of carbonyl (C=O) groups excluding carboxylic acids is 1. The molecule has 1 aliphatic carbocycles. The Balaban J connectivity index is 1.32. The Hall–Kier alpha value is -3.09. The maximum atomic E-state index is 14.2. The Morgan fingerprint density at radius 3 is 2.54 bits per heavy atom. The van der Waals surface area contributed by atoms with Crippen molar-refractivity contribution in [3.63, 3.8) is 0 Å². The fourth-order valence-corrected chi connectivity index (χ4v) is 6.19. The molecule has 3 aliphatic rings. The Morgan fingerprint density at radius 1 is 1.11 bits per heavy atom. The standard InChI is InChI=1S/C28H33FN2O4/c1-27(2,3)35-26(34)31-11-8-18-14-21(5-7-24(18)31)30-12-9-28(10-13-30)17-19(15-25(32)33)22-6-4-20(29)16-23(22)28/h4-7,14,16,19H,8-13,15,17H2,1-3H3,(H,32,33)/t19-/m1/s1. The molecule has 5 rings (SSSR count). The average Bonchev–Trinajstić information content (AvgIpc) is 3.32. The third kappa shape index (κ3) is 4.48. The monoisotopic (exact) mass is 480 g/mol. The quantitative estimate of drug-likeness (QED) is 0.617. The molecule has 7 heteroatoms. The first kappa shape index (κ1) is 23.6. The lowest BCUT2D eigenvalue weighted by atomic mass is 9.73. The molecule has 2 aromatic rings. The van der Waals surface area contributed by atoms with E-state index in [-0.39, 0.29) is 29.7 Å². The number of amides is 1. The van der Waals surface area contributed by atoms with Crippen LogP contribution in [0.1, 0.15) is 69.1 Å². The highest BCUT2D eigenvalue weighted by Crippen LogP contribution is 2.53. The van der Waals surface area contributed by atoms with Crippen LogP contribution in [0.4, 0.5) is 20.6 Å². The van der Waals surface area contributed by atoms with Gasteiger partial charge in [-0.25, -0.2) is 9.18 Å². The van der Waals surface area contributed by atoms with Gasteiger partial charge in [0.15, 0.2) is 0 Å². The molecule has 0 unspecified atom stereocenters. The predicted octanol–water partition coefficient (Wildman–Crippen LogP) is 5.62. The summed E-state index contributed by atoms with van der Waals surface area (Å²) in [6.07, 6.45) is 3.06. The van der Waals surface area contributed by atoms with E-state index in [1.54, 1.807) is 17.0 Å². The van der Waals surface area contributed by atoms with E-state index in [0.717, 1.165) is 66.8 Å². The van der Waals surface area contributed by atoms with Crippen molar-refractivity contribution in [1.82, 2.24) is 0 Å². The van der Waals surface area contributed by atoms with E-state index in [1.165, 1.54) is 6.07 Å². The van der Waals surface area contributed by atoms with Crippen molar-refractivity contribution in [2.75, 3.05) is 29.4 Å². The van der Waals surface area contributed by atoms with Crippen LogP contribution < -0.4 is 9.80 Å². The van der Waals surface area contributed by atoms with Crippen molar-refractivity contribution in [2.45, 2.75) is 69.8 Å². The van der Waals surface area contributed by atoms with Crippen molar-refractivity contribution >= 4 is 23.4 Å². The number of halogens is 1. The minimum Gasteiger partial charge on any atom is -0.481 e. The number of hydrogen-bond acceptors (Lipinski definition) is 4. The summed E-state index contributed by atoms with van der Waals surface area (Å²) in [5, 5.41) is 9.40. The summed E-state index contributed by atoms with van der Waals surface area (Å²) in [6, 6.07) is 11.1. The highest BCUT2D eigenvalue weighted by atomic mass is 19.1. The zero-order valence-electron chi connectivity index (χ0n) is 20.6. The molecular weight excluding hydrogens is 447 g/mol. The fraction of sp³-hybridized carbons (Fsp3) is 0.500. The van der Waals surface area contributed by atoms with Crippen LogP contribution in [0.15, 0.2) is 36.4 Å². The van der Waals surface area contributed by atoms with Crippen LogP contribution >= 0.6 is 0 Å². The Morgan fingerprint density at radius 2 is 1.86 bits per heavy atom. The SMILES string of the molecule is CC(C)(C)OC(=O)N1CCc2cc(N3CCC4(CC3)C[C@@H](CC(=O)O)c3ccc(F)cc34)ccc21. The van der Waals surface area contributed by atoms with E-state index >= 15 is 0 Å². The van der Waals surface area contributed by atoms with Gasteiger partial charge in [0.25, 0.3) is 0 Å². The lowest BCUT2D eigenvalue weighted by molar-refractivity contribution is -0.137. The van der Waals surface area contributed by atoms with Crippen LogP contribution in [0.3, 0.4) is 0 Å². The van der Waals surface area contributed by atoms with Crippen LogP contribution in [0, 0.1) is 5.82 Å². The molecule has 1 atom stereocenters. The molecule has 6 nitrogen and oxygen atoms in total. The highest BCUT2D eigenvalue weighted by molar-refractivity contribution is 5.91. The van der Waals surface area contributed by atoms with Crippen LogP contribution in [-0.4, -0.2) is 42.4 Å². The van der Waals surface area contributed by atoms with E-state index in [9.17, 15) is 19.1 Å². The second kappa shape index (κ2) is 8.54. The molecule has 1 N–H and O–H groups in total. The van der Waals surface area contributed by atoms with Gasteiger partial charge < -0.3 is 14.7 Å². The average molecular weight is 481 g/mol. The zero-order chi connectivity index (χ0) is 25.0. The molecule has 1 spiro atoms. The van der Waals surface area contributed by atoms with Gasteiger partial charge in [-0.1, -0.05) is 6.07 Å². The van der Waals surface area contributed by atoms with Gasteiger partial charge in [-0.2, -0.15) is 0 Å². The van der Waals surface area contributed by atoms with Crippen LogP contribution in [-0.2, 0) is 21.4 Å². The highest BCUT2D eigenvalue weighted by Gasteiger charge is 2.46. The number of anilines is 2. The first-order valence-electron chi connectivity index (χ1n) is 12.4. The second-order valence-electron chi connectivity index (χ2n) is 11.2. The summed E-state index contributed by atoms with van der Waals surface area (Å²) in [5.74, 6) is -1.12. The van der Waals surface area contributed by atoms with Crippen molar-refractivity contribution in [3.8, 4) is 0 Å². The Kier molecular flexibility index (Phi) is 5.77. The fourth-order valence-electron chi connectivity index (χ4n) is 6.19.